The van der Waals surface area contributed by atoms with E-state index in [1.807, 2.05) is 6.07 Å². The number of carbonyl (C=O) groups is 2. The number of piperidine rings is 1. The van der Waals surface area contributed by atoms with E-state index in [1.54, 1.807) is 17.0 Å². The molecule has 1 aromatic rings. The van der Waals surface area contributed by atoms with Gasteiger partial charge >= 0.3 is 6.03 Å². The highest BCUT2D eigenvalue weighted by molar-refractivity contribution is 5.84. The lowest BCUT2D eigenvalue weighted by Crippen LogP contribution is -2.52. The number of benzene rings is 1. The van der Waals surface area contributed by atoms with Crippen molar-refractivity contribution in [3.05, 3.63) is 35.6 Å². The molecule has 0 bridgehead atoms. The number of nitrogens with zero attached hydrogens (tertiary/aromatic N) is 2. The Morgan fingerprint density at radius 2 is 2.12 bits per heavy atom. The molecule has 1 aromatic carbocycles. The maximum atomic E-state index is 13.8. The quantitative estimate of drug-likeness (QED) is 0.866. The lowest BCUT2D eigenvalue weighted by Gasteiger charge is -2.34. The number of hydrogen-bond acceptors (Lipinski definition) is 3. The molecule has 2 aliphatic heterocycles. The van der Waals surface area contributed by atoms with Crippen LogP contribution in [0.5, 0.6) is 0 Å². The van der Waals surface area contributed by atoms with Crippen LogP contribution in [0.4, 0.5) is 9.18 Å². The fourth-order valence-electron chi connectivity index (χ4n) is 3.43. The lowest BCUT2D eigenvalue weighted by molar-refractivity contribution is -0.121. The SMILES string of the molecule is O=C1CN(C(=O)NC2CCCN(Cc3ccccc3F)C2)CCCN1. The summed E-state index contributed by atoms with van der Waals surface area (Å²) in [4.78, 5) is 27.8. The number of halogens is 1. The number of amides is 3. The fourth-order valence-corrected chi connectivity index (χ4v) is 3.43. The zero-order valence-corrected chi connectivity index (χ0v) is 14.3. The Labute approximate surface area is 147 Å². The van der Waals surface area contributed by atoms with Crippen molar-refractivity contribution in [3.63, 3.8) is 0 Å². The van der Waals surface area contributed by atoms with Gasteiger partial charge in [-0.2, -0.15) is 0 Å². The highest BCUT2D eigenvalue weighted by Gasteiger charge is 2.25. The van der Waals surface area contributed by atoms with E-state index in [0.717, 1.165) is 25.8 Å². The normalized spacial score (nSPS) is 22.2. The molecule has 0 saturated carbocycles. The minimum absolute atomic E-state index is 0.0272. The van der Waals surface area contributed by atoms with Gasteiger partial charge in [0.25, 0.3) is 0 Å². The molecule has 2 fully saturated rings. The summed E-state index contributed by atoms with van der Waals surface area (Å²) >= 11 is 0. The molecular weight excluding hydrogens is 323 g/mol. The van der Waals surface area contributed by atoms with Crippen molar-refractivity contribution < 1.29 is 14.0 Å². The van der Waals surface area contributed by atoms with Gasteiger partial charge in [-0.15, -0.1) is 0 Å². The zero-order valence-electron chi connectivity index (χ0n) is 14.3. The maximum absolute atomic E-state index is 13.8. The Bertz CT molecular complexity index is 625. The van der Waals surface area contributed by atoms with Crippen LogP contribution in [0, 0.1) is 5.82 Å². The molecular formula is C18H25FN4O2. The first-order valence-corrected chi connectivity index (χ1v) is 8.90. The Kier molecular flexibility index (Phi) is 5.86. The zero-order chi connectivity index (χ0) is 17.6. The lowest BCUT2D eigenvalue weighted by atomic mass is 10.0. The second-order valence-electron chi connectivity index (χ2n) is 6.74. The number of carbonyl (C=O) groups excluding carboxylic acids is 2. The van der Waals surface area contributed by atoms with Crippen LogP contribution in [0.15, 0.2) is 24.3 Å². The third-order valence-electron chi connectivity index (χ3n) is 4.73. The summed E-state index contributed by atoms with van der Waals surface area (Å²) in [5, 5.41) is 5.81. The van der Waals surface area contributed by atoms with E-state index >= 15 is 0 Å². The van der Waals surface area contributed by atoms with E-state index in [0.29, 0.717) is 31.7 Å². The number of nitrogens with one attached hydrogen (secondary N) is 2. The molecule has 3 amide bonds. The van der Waals surface area contributed by atoms with Gasteiger partial charge in [0.1, 0.15) is 12.4 Å². The third kappa shape index (κ3) is 4.92. The van der Waals surface area contributed by atoms with Crippen molar-refractivity contribution >= 4 is 11.9 Å². The molecule has 2 saturated heterocycles. The van der Waals surface area contributed by atoms with Gasteiger partial charge in [-0.1, -0.05) is 18.2 Å². The van der Waals surface area contributed by atoms with Crippen molar-refractivity contribution in [1.29, 1.82) is 0 Å². The smallest absolute Gasteiger partial charge is 0.318 e. The minimum atomic E-state index is -0.191. The molecule has 3 rings (SSSR count). The molecule has 6 nitrogen and oxygen atoms in total. The molecule has 1 unspecified atom stereocenters. The molecule has 2 heterocycles. The average Bonchev–Trinajstić information content (AvgIpc) is 2.82. The van der Waals surface area contributed by atoms with Crippen LogP contribution < -0.4 is 10.6 Å². The Hall–Kier alpha value is -2.15. The molecule has 1 atom stereocenters. The van der Waals surface area contributed by atoms with Gasteiger partial charge in [-0.25, -0.2) is 9.18 Å². The largest absolute Gasteiger partial charge is 0.354 e. The number of rotatable bonds is 3. The van der Waals surface area contributed by atoms with E-state index in [2.05, 4.69) is 15.5 Å². The summed E-state index contributed by atoms with van der Waals surface area (Å²) in [5.41, 5.74) is 0.679. The van der Waals surface area contributed by atoms with Crippen LogP contribution in [0.3, 0.4) is 0 Å². The van der Waals surface area contributed by atoms with Crippen LogP contribution >= 0.6 is 0 Å². The van der Waals surface area contributed by atoms with Crippen molar-refractivity contribution in [2.75, 3.05) is 32.7 Å². The van der Waals surface area contributed by atoms with Gasteiger partial charge in [0.2, 0.25) is 5.91 Å². The maximum Gasteiger partial charge on any atom is 0.318 e. The van der Waals surface area contributed by atoms with Gasteiger partial charge in [0.15, 0.2) is 0 Å². The summed E-state index contributed by atoms with van der Waals surface area (Å²) in [6, 6.07) is 6.65. The molecule has 7 heteroatoms. The predicted molar refractivity (Wildman–Crippen MR) is 92.4 cm³/mol. The molecule has 0 aromatic heterocycles. The first-order chi connectivity index (χ1) is 12.1. The monoisotopic (exact) mass is 348 g/mol. The van der Waals surface area contributed by atoms with Crippen LogP contribution in [0.2, 0.25) is 0 Å². The molecule has 25 heavy (non-hydrogen) atoms. The van der Waals surface area contributed by atoms with Gasteiger partial charge < -0.3 is 15.5 Å². The van der Waals surface area contributed by atoms with Gasteiger partial charge in [-0.05, 0) is 31.9 Å². The molecule has 2 aliphatic rings. The third-order valence-corrected chi connectivity index (χ3v) is 4.73. The topological polar surface area (TPSA) is 64.7 Å². The second kappa shape index (κ2) is 8.29. The van der Waals surface area contributed by atoms with Crippen molar-refractivity contribution in [1.82, 2.24) is 20.4 Å². The van der Waals surface area contributed by atoms with Crippen LogP contribution in [0.1, 0.15) is 24.8 Å². The van der Waals surface area contributed by atoms with Crippen molar-refractivity contribution in [2.24, 2.45) is 0 Å². The Morgan fingerprint density at radius 1 is 1.28 bits per heavy atom. The minimum Gasteiger partial charge on any atom is -0.354 e. The second-order valence-corrected chi connectivity index (χ2v) is 6.74. The fraction of sp³-hybridized carbons (Fsp3) is 0.556. The molecule has 136 valence electrons. The Morgan fingerprint density at radius 3 is 2.96 bits per heavy atom. The van der Waals surface area contributed by atoms with E-state index < -0.39 is 0 Å². The average molecular weight is 348 g/mol. The number of likely N-dealkylation sites (tertiary alicyclic amines) is 1. The standard InChI is InChI=1S/C18H25FN4O2/c19-16-7-2-1-5-14(16)11-22-9-3-6-15(12-22)21-18(25)23-10-4-8-20-17(24)13-23/h1-2,5,7,15H,3-4,6,8-13H2,(H,20,24)(H,21,25). The first-order valence-electron chi connectivity index (χ1n) is 8.90. The van der Waals surface area contributed by atoms with Crippen molar-refractivity contribution in [2.45, 2.75) is 31.8 Å². The van der Waals surface area contributed by atoms with E-state index in [1.165, 1.54) is 6.07 Å². The summed E-state index contributed by atoms with van der Waals surface area (Å²) in [6.45, 7) is 3.44. The highest BCUT2D eigenvalue weighted by atomic mass is 19.1. The van der Waals surface area contributed by atoms with E-state index in [4.69, 9.17) is 0 Å². The number of hydrogen-bond donors (Lipinski definition) is 2. The molecule has 0 spiro atoms. The van der Waals surface area contributed by atoms with E-state index in [-0.39, 0.29) is 30.3 Å². The first kappa shape index (κ1) is 17.7. The van der Waals surface area contributed by atoms with Gasteiger partial charge in [0, 0.05) is 37.8 Å². The molecule has 0 aliphatic carbocycles. The Balaban J connectivity index is 1.53. The van der Waals surface area contributed by atoms with Crippen LogP contribution in [-0.4, -0.2) is 60.5 Å². The van der Waals surface area contributed by atoms with Crippen molar-refractivity contribution in [3.8, 4) is 0 Å². The number of urea groups is 1. The van der Waals surface area contributed by atoms with E-state index in [9.17, 15) is 14.0 Å². The van der Waals surface area contributed by atoms with Gasteiger partial charge in [0.05, 0.1) is 0 Å². The van der Waals surface area contributed by atoms with Gasteiger partial charge in [-0.3, -0.25) is 9.69 Å². The summed E-state index contributed by atoms with van der Waals surface area (Å²) in [6.07, 6.45) is 2.63. The summed E-state index contributed by atoms with van der Waals surface area (Å²) in [7, 11) is 0. The molecule has 2 N–H and O–H groups in total. The summed E-state index contributed by atoms with van der Waals surface area (Å²) < 4.78 is 13.8. The molecule has 0 radical (unpaired) electrons. The summed E-state index contributed by atoms with van der Waals surface area (Å²) in [5.74, 6) is -0.304. The highest BCUT2D eigenvalue weighted by Crippen LogP contribution is 2.16. The predicted octanol–water partition coefficient (Wildman–Crippen LogP) is 1.32. The van der Waals surface area contributed by atoms with Crippen LogP contribution in [0.25, 0.3) is 0 Å². The van der Waals surface area contributed by atoms with Crippen LogP contribution in [-0.2, 0) is 11.3 Å².